The Kier molecular flexibility index (Phi) is 6.98. The van der Waals surface area contributed by atoms with E-state index in [1.54, 1.807) is 25.1 Å². The number of ketones is 1. The van der Waals surface area contributed by atoms with Crippen molar-refractivity contribution in [1.29, 1.82) is 0 Å². The molecule has 1 aliphatic heterocycles. The minimum absolute atomic E-state index is 0.296. The third-order valence-corrected chi connectivity index (χ3v) is 7.53. The SMILES string of the molecule is COC(=O)C1=C(C)NC2=C(C(=O)[C@H](C(=O)OC)[C@H](c3cccs3)C2)[C@@H]1c1ccc(OC)c(OC)c1. The second-order valence-corrected chi connectivity index (χ2v) is 9.27. The Morgan fingerprint density at radius 3 is 2.37 bits per heavy atom. The second-order valence-electron chi connectivity index (χ2n) is 8.29. The van der Waals surface area contributed by atoms with Gasteiger partial charge in [0.2, 0.25) is 0 Å². The molecule has 2 aliphatic rings. The van der Waals surface area contributed by atoms with E-state index in [-0.39, 0.29) is 11.7 Å². The number of hydrogen-bond donors (Lipinski definition) is 1. The molecule has 1 aromatic heterocycles. The maximum Gasteiger partial charge on any atom is 0.336 e. The van der Waals surface area contributed by atoms with Crippen LogP contribution >= 0.6 is 11.3 Å². The molecule has 0 saturated heterocycles. The number of allylic oxidation sites excluding steroid dienone is 3. The highest BCUT2D eigenvalue weighted by Crippen LogP contribution is 2.49. The van der Waals surface area contributed by atoms with Gasteiger partial charge in [0.25, 0.3) is 0 Å². The Morgan fingerprint density at radius 2 is 1.77 bits per heavy atom. The lowest BCUT2D eigenvalue weighted by atomic mass is 9.68. The van der Waals surface area contributed by atoms with E-state index in [2.05, 4.69) is 5.32 Å². The fourth-order valence-corrected chi connectivity index (χ4v) is 5.81. The van der Waals surface area contributed by atoms with Crippen molar-refractivity contribution in [3.8, 4) is 11.5 Å². The van der Waals surface area contributed by atoms with Gasteiger partial charge in [0, 0.05) is 33.7 Å². The summed E-state index contributed by atoms with van der Waals surface area (Å²) < 4.78 is 21.0. The van der Waals surface area contributed by atoms with E-state index < -0.39 is 23.8 Å². The molecule has 0 spiro atoms. The van der Waals surface area contributed by atoms with Crippen molar-refractivity contribution in [3.05, 3.63) is 68.7 Å². The van der Waals surface area contributed by atoms with E-state index in [0.717, 1.165) is 4.88 Å². The first kappa shape index (κ1) is 24.5. The number of benzene rings is 1. The minimum Gasteiger partial charge on any atom is -0.493 e. The molecule has 3 atom stereocenters. The first-order valence-electron chi connectivity index (χ1n) is 11.0. The summed E-state index contributed by atoms with van der Waals surface area (Å²) >= 11 is 1.49. The number of thiophene rings is 1. The Balaban J connectivity index is 1.93. The van der Waals surface area contributed by atoms with Crippen LogP contribution in [0.1, 0.15) is 35.6 Å². The molecular formula is C26H27NO7S. The summed E-state index contributed by atoms with van der Waals surface area (Å²) in [6, 6.07) is 9.05. The van der Waals surface area contributed by atoms with Crippen molar-refractivity contribution in [2.24, 2.45) is 5.92 Å². The molecule has 0 saturated carbocycles. The smallest absolute Gasteiger partial charge is 0.336 e. The predicted molar refractivity (Wildman–Crippen MR) is 129 cm³/mol. The monoisotopic (exact) mass is 497 g/mol. The van der Waals surface area contributed by atoms with E-state index >= 15 is 0 Å². The van der Waals surface area contributed by atoms with Gasteiger partial charge in [0.1, 0.15) is 5.92 Å². The van der Waals surface area contributed by atoms with Crippen LogP contribution in [0.25, 0.3) is 0 Å². The van der Waals surface area contributed by atoms with Gasteiger partial charge >= 0.3 is 11.9 Å². The van der Waals surface area contributed by atoms with Crippen LogP contribution in [0.5, 0.6) is 11.5 Å². The molecule has 0 amide bonds. The maximum atomic E-state index is 14.1. The lowest BCUT2D eigenvalue weighted by molar-refractivity contribution is -0.149. The first-order valence-corrected chi connectivity index (χ1v) is 11.9. The van der Waals surface area contributed by atoms with Crippen molar-refractivity contribution in [2.45, 2.75) is 25.2 Å². The molecule has 35 heavy (non-hydrogen) atoms. The summed E-state index contributed by atoms with van der Waals surface area (Å²) in [5.41, 5.74) is 2.56. The summed E-state index contributed by atoms with van der Waals surface area (Å²) in [5.74, 6) is -2.74. The molecule has 1 N–H and O–H groups in total. The van der Waals surface area contributed by atoms with Crippen molar-refractivity contribution in [3.63, 3.8) is 0 Å². The molecule has 8 nitrogen and oxygen atoms in total. The number of Topliss-reactive ketones (excluding diaryl/α,β-unsaturated/α-hetero) is 1. The molecule has 0 radical (unpaired) electrons. The summed E-state index contributed by atoms with van der Waals surface area (Å²) in [5, 5.41) is 5.18. The number of nitrogens with one attached hydrogen (secondary N) is 1. The van der Waals surface area contributed by atoms with E-state index in [4.69, 9.17) is 18.9 Å². The van der Waals surface area contributed by atoms with E-state index in [0.29, 0.717) is 46.0 Å². The van der Waals surface area contributed by atoms with Gasteiger partial charge < -0.3 is 24.3 Å². The number of dihydropyridines is 1. The largest absolute Gasteiger partial charge is 0.493 e. The third kappa shape index (κ3) is 4.20. The summed E-state index contributed by atoms with van der Waals surface area (Å²) in [6.45, 7) is 1.78. The Morgan fingerprint density at radius 1 is 1.03 bits per heavy atom. The molecule has 9 heteroatoms. The van der Waals surface area contributed by atoms with Crippen molar-refractivity contribution in [1.82, 2.24) is 5.32 Å². The third-order valence-electron chi connectivity index (χ3n) is 6.53. The Bertz CT molecular complexity index is 1230. The number of ether oxygens (including phenoxy) is 4. The highest BCUT2D eigenvalue weighted by Gasteiger charge is 2.49. The van der Waals surface area contributed by atoms with Crippen molar-refractivity contribution < 1.29 is 33.3 Å². The molecule has 0 fully saturated rings. The van der Waals surface area contributed by atoms with Crippen molar-refractivity contribution in [2.75, 3.05) is 28.4 Å². The normalized spacial score (nSPS) is 21.7. The van der Waals surface area contributed by atoms with Gasteiger partial charge in [-0.05, 0) is 42.5 Å². The van der Waals surface area contributed by atoms with Gasteiger partial charge in [-0.3, -0.25) is 9.59 Å². The van der Waals surface area contributed by atoms with Crippen molar-refractivity contribution >= 4 is 29.1 Å². The predicted octanol–water partition coefficient (Wildman–Crippen LogP) is 3.70. The van der Waals surface area contributed by atoms with Crippen LogP contribution in [0.4, 0.5) is 0 Å². The topological polar surface area (TPSA) is 100 Å². The van der Waals surface area contributed by atoms with Gasteiger partial charge in [-0.25, -0.2) is 4.79 Å². The molecule has 4 rings (SSSR count). The van der Waals surface area contributed by atoms with Crippen LogP contribution in [0, 0.1) is 5.92 Å². The fraction of sp³-hybridized carbons (Fsp3) is 0.346. The maximum absolute atomic E-state index is 14.1. The summed E-state index contributed by atoms with van der Waals surface area (Å²) in [6.07, 6.45) is 0.414. The van der Waals surface area contributed by atoms with Gasteiger partial charge in [-0.2, -0.15) is 0 Å². The quantitative estimate of drug-likeness (QED) is 0.476. The number of esters is 2. The van der Waals surface area contributed by atoms with Crippen LogP contribution in [-0.4, -0.2) is 46.2 Å². The highest BCUT2D eigenvalue weighted by molar-refractivity contribution is 7.10. The van der Waals surface area contributed by atoms with Gasteiger partial charge in [-0.1, -0.05) is 12.1 Å². The van der Waals surface area contributed by atoms with Gasteiger partial charge in [0.05, 0.1) is 34.0 Å². The van der Waals surface area contributed by atoms with Gasteiger partial charge in [0.15, 0.2) is 17.3 Å². The zero-order valence-corrected chi connectivity index (χ0v) is 21.0. The Labute approximate surface area is 207 Å². The summed E-state index contributed by atoms with van der Waals surface area (Å²) in [4.78, 5) is 40.8. The molecule has 0 unspecified atom stereocenters. The number of methoxy groups -OCH3 is 4. The number of carbonyl (C=O) groups excluding carboxylic acids is 3. The molecule has 2 heterocycles. The van der Waals surface area contributed by atoms with Crippen LogP contribution in [0.2, 0.25) is 0 Å². The van der Waals surface area contributed by atoms with E-state index in [9.17, 15) is 14.4 Å². The summed E-state index contributed by atoms with van der Waals surface area (Å²) in [7, 11) is 5.62. The van der Waals surface area contributed by atoms with E-state index in [1.165, 1.54) is 39.8 Å². The van der Waals surface area contributed by atoms with Crippen LogP contribution in [-0.2, 0) is 23.9 Å². The average molecular weight is 498 g/mol. The molecule has 2 aromatic rings. The molecular weight excluding hydrogens is 470 g/mol. The van der Waals surface area contributed by atoms with Gasteiger partial charge in [-0.15, -0.1) is 11.3 Å². The zero-order valence-electron chi connectivity index (χ0n) is 20.2. The molecule has 0 bridgehead atoms. The van der Waals surface area contributed by atoms with Crippen LogP contribution < -0.4 is 14.8 Å². The van der Waals surface area contributed by atoms with E-state index in [1.807, 2.05) is 17.5 Å². The molecule has 184 valence electrons. The zero-order chi connectivity index (χ0) is 25.3. The lowest BCUT2D eigenvalue weighted by Crippen LogP contribution is -2.43. The molecule has 1 aliphatic carbocycles. The lowest BCUT2D eigenvalue weighted by Gasteiger charge is -2.39. The minimum atomic E-state index is -1.03. The standard InChI is InChI=1S/C26H27NO7S/c1-13-20(25(29)33-4)21(14-8-9-17(31-2)18(11-14)32-3)23-16(27-13)12-15(19-7-6-10-35-19)22(24(23)28)26(30)34-5/h6-11,15,21-22,27H,12H2,1-5H3/t15-,21+,22+/m0/s1. The number of rotatable bonds is 6. The Hall–Kier alpha value is -3.59. The first-order chi connectivity index (χ1) is 16.9. The second kappa shape index (κ2) is 9.95. The average Bonchev–Trinajstić information content (AvgIpc) is 3.41. The molecule has 1 aromatic carbocycles. The number of hydrogen-bond acceptors (Lipinski definition) is 9. The number of carbonyl (C=O) groups is 3. The van der Waals surface area contributed by atoms with Crippen LogP contribution in [0.15, 0.2) is 58.3 Å². The fourth-order valence-electron chi connectivity index (χ4n) is 4.95. The highest BCUT2D eigenvalue weighted by atomic mass is 32.1. The van der Waals surface area contributed by atoms with Crippen LogP contribution in [0.3, 0.4) is 0 Å².